The van der Waals surface area contributed by atoms with E-state index in [0.717, 1.165) is 10.6 Å². The molecule has 0 bridgehead atoms. The van der Waals surface area contributed by atoms with Crippen LogP contribution in [0.4, 0.5) is 0 Å². The molecule has 2 aromatic heterocycles. The number of rotatable bonds is 2. The van der Waals surface area contributed by atoms with Crippen molar-refractivity contribution in [2.45, 2.75) is 20.8 Å². The standard InChI is InChI=1S/C15H13ClN2O3S/c1-6-7(2)15(19)21-10-5-9(14-18-17-8(3)22-14)12(16)13(20-4)11(6)10/h5H,1-4H3. The van der Waals surface area contributed by atoms with Crippen LogP contribution in [-0.4, -0.2) is 17.3 Å². The van der Waals surface area contributed by atoms with Crippen LogP contribution in [0.25, 0.3) is 21.5 Å². The van der Waals surface area contributed by atoms with Gasteiger partial charge in [0.25, 0.3) is 0 Å². The van der Waals surface area contributed by atoms with E-state index in [2.05, 4.69) is 10.2 Å². The molecule has 22 heavy (non-hydrogen) atoms. The third-order valence-electron chi connectivity index (χ3n) is 3.59. The van der Waals surface area contributed by atoms with E-state index in [-0.39, 0.29) is 5.63 Å². The van der Waals surface area contributed by atoms with Gasteiger partial charge in [0.1, 0.15) is 21.3 Å². The Labute approximate surface area is 135 Å². The molecule has 0 saturated heterocycles. The van der Waals surface area contributed by atoms with E-state index >= 15 is 0 Å². The SMILES string of the molecule is COc1c(Cl)c(-c2nnc(C)s2)cc2oc(=O)c(C)c(C)c12. The van der Waals surface area contributed by atoms with Crippen molar-refractivity contribution in [2.75, 3.05) is 7.11 Å². The molecule has 0 aliphatic heterocycles. The number of hydrogen-bond donors (Lipinski definition) is 0. The zero-order chi connectivity index (χ0) is 16.0. The highest BCUT2D eigenvalue weighted by Crippen LogP contribution is 2.43. The maximum Gasteiger partial charge on any atom is 0.339 e. The van der Waals surface area contributed by atoms with Gasteiger partial charge in [-0.05, 0) is 32.4 Å². The number of halogens is 1. The number of hydrogen-bond acceptors (Lipinski definition) is 6. The molecule has 0 N–H and O–H groups in total. The van der Waals surface area contributed by atoms with Gasteiger partial charge < -0.3 is 9.15 Å². The average molecular weight is 337 g/mol. The second-order valence-electron chi connectivity index (χ2n) is 4.91. The largest absolute Gasteiger partial charge is 0.494 e. The summed E-state index contributed by atoms with van der Waals surface area (Å²) in [6, 6.07) is 1.72. The van der Waals surface area contributed by atoms with E-state index in [1.54, 1.807) is 13.0 Å². The van der Waals surface area contributed by atoms with Crippen molar-refractivity contribution in [2.24, 2.45) is 0 Å². The molecule has 0 atom stereocenters. The molecule has 0 unspecified atom stereocenters. The van der Waals surface area contributed by atoms with E-state index in [1.807, 2.05) is 13.8 Å². The first-order valence-corrected chi connectivity index (χ1v) is 7.74. The molecule has 1 aromatic carbocycles. The molecule has 0 amide bonds. The van der Waals surface area contributed by atoms with Crippen molar-refractivity contribution in [3.05, 3.63) is 37.6 Å². The number of methoxy groups -OCH3 is 1. The molecule has 0 fully saturated rings. The fourth-order valence-electron chi connectivity index (χ4n) is 2.32. The summed E-state index contributed by atoms with van der Waals surface area (Å²) in [5, 5.41) is 10.7. The molecule has 5 nitrogen and oxygen atoms in total. The Morgan fingerprint density at radius 1 is 1.23 bits per heavy atom. The predicted octanol–water partition coefficient (Wildman–Crippen LogP) is 3.90. The lowest BCUT2D eigenvalue weighted by atomic mass is 10.0. The minimum absolute atomic E-state index is 0.367. The fraction of sp³-hybridized carbons (Fsp3) is 0.267. The normalized spacial score (nSPS) is 11.1. The van der Waals surface area contributed by atoms with Gasteiger partial charge in [-0.3, -0.25) is 0 Å². The Morgan fingerprint density at radius 2 is 1.95 bits per heavy atom. The summed E-state index contributed by atoms with van der Waals surface area (Å²) in [6.45, 7) is 5.43. The van der Waals surface area contributed by atoms with E-state index in [1.165, 1.54) is 18.4 Å². The molecule has 2 heterocycles. The van der Waals surface area contributed by atoms with Crippen LogP contribution < -0.4 is 10.4 Å². The van der Waals surface area contributed by atoms with Crippen molar-refractivity contribution in [3.8, 4) is 16.3 Å². The van der Waals surface area contributed by atoms with Crippen molar-refractivity contribution in [1.29, 1.82) is 0 Å². The summed E-state index contributed by atoms with van der Waals surface area (Å²) < 4.78 is 10.9. The summed E-state index contributed by atoms with van der Waals surface area (Å²) in [7, 11) is 1.54. The number of aromatic nitrogens is 2. The molecular weight excluding hydrogens is 324 g/mol. The van der Waals surface area contributed by atoms with Gasteiger partial charge in [-0.25, -0.2) is 4.79 Å². The molecule has 114 valence electrons. The summed E-state index contributed by atoms with van der Waals surface area (Å²) in [6.07, 6.45) is 0. The molecular formula is C15H13ClN2O3S. The van der Waals surface area contributed by atoms with Crippen LogP contribution in [0.3, 0.4) is 0 Å². The van der Waals surface area contributed by atoms with Crippen LogP contribution in [0.1, 0.15) is 16.1 Å². The van der Waals surface area contributed by atoms with Crippen molar-refractivity contribution < 1.29 is 9.15 Å². The Morgan fingerprint density at radius 3 is 2.55 bits per heavy atom. The van der Waals surface area contributed by atoms with Gasteiger partial charge in [-0.2, -0.15) is 0 Å². The third-order valence-corrected chi connectivity index (χ3v) is 4.84. The minimum atomic E-state index is -0.367. The highest BCUT2D eigenvalue weighted by Gasteiger charge is 2.21. The van der Waals surface area contributed by atoms with Crippen LogP contribution in [0, 0.1) is 20.8 Å². The van der Waals surface area contributed by atoms with Crippen molar-refractivity contribution >= 4 is 33.9 Å². The van der Waals surface area contributed by atoms with Crippen molar-refractivity contribution in [3.63, 3.8) is 0 Å². The second kappa shape index (κ2) is 5.37. The van der Waals surface area contributed by atoms with Crippen LogP contribution in [0.2, 0.25) is 5.02 Å². The quantitative estimate of drug-likeness (QED) is 0.664. The van der Waals surface area contributed by atoms with Gasteiger partial charge in [-0.15, -0.1) is 10.2 Å². The average Bonchev–Trinajstić information content (AvgIpc) is 2.91. The summed E-state index contributed by atoms with van der Waals surface area (Å²) in [5.74, 6) is 0.478. The third kappa shape index (κ3) is 2.19. The number of benzene rings is 1. The zero-order valence-corrected chi connectivity index (χ0v) is 14.1. The molecule has 0 saturated carbocycles. The summed E-state index contributed by atoms with van der Waals surface area (Å²) in [4.78, 5) is 11.9. The van der Waals surface area contributed by atoms with Crippen LogP contribution in [0.5, 0.6) is 5.75 Å². The topological polar surface area (TPSA) is 65.2 Å². The molecule has 7 heteroatoms. The lowest BCUT2D eigenvalue weighted by Crippen LogP contribution is -2.06. The highest BCUT2D eigenvalue weighted by atomic mass is 35.5. The first kappa shape index (κ1) is 15.0. The number of aryl methyl sites for hydroxylation is 2. The molecule has 0 aliphatic rings. The lowest BCUT2D eigenvalue weighted by Gasteiger charge is -2.13. The Hall–Kier alpha value is -1.92. The first-order valence-electron chi connectivity index (χ1n) is 6.55. The van der Waals surface area contributed by atoms with E-state index in [0.29, 0.717) is 37.9 Å². The summed E-state index contributed by atoms with van der Waals surface area (Å²) in [5.41, 5.74) is 2.04. The number of nitrogens with zero attached hydrogens (tertiary/aromatic N) is 2. The first-order chi connectivity index (χ1) is 10.4. The van der Waals surface area contributed by atoms with Gasteiger partial charge in [0.05, 0.1) is 17.5 Å². The summed E-state index contributed by atoms with van der Waals surface area (Å²) >= 11 is 7.90. The van der Waals surface area contributed by atoms with Crippen molar-refractivity contribution in [1.82, 2.24) is 10.2 Å². The lowest BCUT2D eigenvalue weighted by molar-refractivity contribution is 0.418. The van der Waals surface area contributed by atoms with Gasteiger partial charge >= 0.3 is 5.63 Å². The van der Waals surface area contributed by atoms with E-state index in [4.69, 9.17) is 20.8 Å². The number of fused-ring (bicyclic) bond motifs is 1. The zero-order valence-electron chi connectivity index (χ0n) is 12.5. The molecule has 0 aliphatic carbocycles. The van der Waals surface area contributed by atoms with E-state index in [9.17, 15) is 4.79 Å². The van der Waals surface area contributed by atoms with Crippen LogP contribution >= 0.6 is 22.9 Å². The monoisotopic (exact) mass is 336 g/mol. The molecule has 3 aromatic rings. The second-order valence-corrected chi connectivity index (χ2v) is 6.47. The molecule has 3 rings (SSSR count). The molecule has 0 spiro atoms. The smallest absolute Gasteiger partial charge is 0.339 e. The van der Waals surface area contributed by atoms with E-state index < -0.39 is 0 Å². The maximum absolute atomic E-state index is 11.9. The number of ether oxygens (including phenoxy) is 1. The molecule has 0 radical (unpaired) electrons. The Kier molecular flexibility index (Phi) is 3.66. The Bertz CT molecular complexity index is 946. The predicted molar refractivity (Wildman–Crippen MR) is 87.2 cm³/mol. The fourth-order valence-corrected chi connectivity index (χ4v) is 3.40. The highest BCUT2D eigenvalue weighted by molar-refractivity contribution is 7.14. The minimum Gasteiger partial charge on any atom is -0.494 e. The van der Waals surface area contributed by atoms with Crippen LogP contribution in [0.15, 0.2) is 15.3 Å². The Balaban J connectivity index is 2.45. The van der Waals surface area contributed by atoms with Gasteiger partial charge in [-0.1, -0.05) is 22.9 Å². The van der Waals surface area contributed by atoms with Crippen LogP contribution in [-0.2, 0) is 0 Å². The van der Waals surface area contributed by atoms with Gasteiger partial charge in [0, 0.05) is 11.1 Å². The van der Waals surface area contributed by atoms with Gasteiger partial charge in [0.2, 0.25) is 0 Å². The van der Waals surface area contributed by atoms with Gasteiger partial charge in [0.15, 0.2) is 0 Å². The maximum atomic E-state index is 11.9.